The summed E-state index contributed by atoms with van der Waals surface area (Å²) in [7, 11) is 0. The Bertz CT molecular complexity index is 1170. The van der Waals surface area contributed by atoms with Crippen molar-refractivity contribution in [1.82, 2.24) is 20.1 Å². The van der Waals surface area contributed by atoms with Crippen LogP contribution in [0.4, 0.5) is 0 Å². The minimum Gasteiger partial charge on any atom is -0.361 e. The second-order valence-corrected chi connectivity index (χ2v) is 8.37. The van der Waals surface area contributed by atoms with E-state index >= 15 is 0 Å². The fourth-order valence-corrected chi connectivity index (χ4v) is 4.55. The van der Waals surface area contributed by atoms with Gasteiger partial charge in [-0.05, 0) is 35.9 Å². The Morgan fingerprint density at radius 1 is 1.06 bits per heavy atom. The van der Waals surface area contributed by atoms with Crippen LogP contribution in [0.5, 0.6) is 0 Å². The van der Waals surface area contributed by atoms with E-state index in [0.29, 0.717) is 30.1 Å². The summed E-state index contributed by atoms with van der Waals surface area (Å²) in [6, 6.07) is 13.3. The number of hydrogen-bond donors (Lipinski definition) is 2. The molecule has 2 aliphatic rings. The fourth-order valence-electron chi connectivity index (χ4n) is 4.42. The predicted molar refractivity (Wildman–Crippen MR) is 117 cm³/mol. The average Bonchev–Trinajstić information content (AvgIpc) is 3.20. The molecular formula is C23H21ClN4O3. The number of benzene rings is 2. The molecule has 1 aromatic heterocycles. The molecule has 0 radical (unpaired) electrons. The lowest BCUT2D eigenvalue weighted by Crippen LogP contribution is -2.70. The van der Waals surface area contributed by atoms with E-state index < -0.39 is 12.1 Å². The second-order valence-electron chi connectivity index (χ2n) is 7.93. The first-order chi connectivity index (χ1) is 15.0. The maximum Gasteiger partial charge on any atom is 0.254 e. The standard InChI is InChI=1S/C23H21ClN4O3/c24-16-7-5-14(6-8-16)22(30)27-9-10-28-20(13-27)21(29)26-19(23(28)31)11-15-12-25-18-4-2-1-3-17(15)18/h1-8,12,19-20,25H,9-11,13H2,(H,26,29)/t19-,20+/m0/s1. The monoisotopic (exact) mass is 436 g/mol. The minimum atomic E-state index is -0.670. The number of carbonyl (C=O) groups is 3. The number of aromatic nitrogens is 1. The van der Waals surface area contributed by atoms with Crippen LogP contribution in [-0.2, 0) is 16.0 Å². The third-order valence-corrected chi connectivity index (χ3v) is 6.31. The molecule has 2 atom stereocenters. The van der Waals surface area contributed by atoms with E-state index in [9.17, 15) is 14.4 Å². The lowest BCUT2D eigenvalue weighted by Gasteiger charge is -2.45. The summed E-state index contributed by atoms with van der Waals surface area (Å²) in [4.78, 5) is 45.3. The molecule has 0 aliphatic carbocycles. The van der Waals surface area contributed by atoms with Gasteiger partial charge in [0.25, 0.3) is 5.91 Å². The highest BCUT2D eigenvalue weighted by atomic mass is 35.5. The van der Waals surface area contributed by atoms with Gasteiger partial charge in [0.15, 0.2) is 0 Å². The van der Waals surface area contributed by atoms with Gasteiger partial charge in [0.2, 0.25) is 11.8 Å². The van der Waals surface area contributed by atoms with Crippen LogP contribution in [0.2, 0.25) is 5.02 Å². The van der Waals surface area contributed by atoms with Crippen LogP contribution in [0.15, 0.2) is 54.7 Å². The molecule has 5 rings (SSSR count). The molecule has 2 aliphatic heterocycles. The summed E-state index contributed by atoms with van der Waals surface area (Å²) in [6.07, 6.45) is 2.31. The summed E-state index contributed by atoms with van der Waals surface area (Å²) in [6.45, 7) is 0.899. The molecule has 3 amide bonds. The largest absolute Gasteiger partial charge is 0.361 e. The van der Waals surface area contributed by atoms with E-state index in [1.54, 1.807) is 34.1 Å². The number of fused-ring (bicyclic) bond motifs is 2. The smallest absolute Gasteiger partial charge is 0.254 e. The highest BCUT2D eigenvalue weighted by molar-refractivity contribution is 6.30. The van der Waals surface area contributed by atoms with Crippen LogP contribution in [-0.4, -0.2) is 64.2 Å². The van der Waals surface area contributed by atoms with Crippen LogP contribution < -0.4 is 5.32 Å². The Labute approximate surface area is 184 Å². The molecule has 0 saturated carbocycles. The third kappa shape index (κ3) is 3.55. The number of aromatic amines is 1. The van der Waals surface area contributed by atoms with Crippen LogP contribution in [0, 0.1) is 0 Å². The van der Waals surface area contributed by atoms with E-state index in [0.717, 1.165) is 16.5 Å². The van der Waals surface area contributed by atoms with Crippen molar-refractivity contribution in [2.45, 2.75) is 18.5 Å². The Morgan fingerprint density at radius 2 is 1.84 bits per heavy atom. The van der Waals surface area contributed by atoms with Crippen molar-refractivity contribution in [2.75, 3.05) is 19.6 Å². The van der Waals surface area contributed by atoms with Crippen molar-refractivity contribution >= 4 is 40.2 Å². The van der Waals surface area contributed by atoms with E-state index in [1.807, 2.05) is 30.5 Å². The topological polar surface area (TPSA) is 85.5 Å². The number of halogens is 1. The van der Waals surface area contributed by atoms with Gasteiger partial charge in [-0.1, -0.05) is 29.8 Å². The summed E-state index contributed by atoms with van der Waals surface area (Å²) < 4.78 is 0. The van der Waals surface area contributed by atoms with Crippen molar-refractivity contribution in [1.29, 1.82) is 0 Å². The SMILES string of the molecule is O=C1N[C@@H](Cc2c[nH]c3ccccc23)C(=O)N2CCN(C(=O)c3ccc(Cl)cc3)C[C@H]12. The van der Waals surface area contributed by atoms with Crippen molar-refractivity contribution in [3.05, 3.63) is 70.9 Å². The normalized spacial score (nSPS) is 21.2. The van der Waals surface area contributed by atoms with Crippen LogP contribution in [0.1, 0.15) is 15.9 Å². The number of amides is 3. The van der Waals surface area contributed by atoms with Crippen LogP contribution in [0.3, 0.4) is 0 Å². The minimum absolute atomic E-state index is 0.103. The molecule has 3 aromatic rings. The van der Waals surface area contributed by atoms with E-state index in [4.69, 9.17) is 11.6 Å². The van der Waals surface area contributed by atoms with Gasteiger partial charge in [-0.3, -0.25) is 14.4 Å². The van der Waals surface area contributed by atoms with E-state index in [1.165, 1.54) is 0 Å². The molecule has 2 N–H and O–H groups in total. The van der Waals surface area contributed by atoms with Gasteiger partial charge in [-0.2, -0.15) is 0 Å². The molecule has 3 heterocycles. The molecule has 0 spiro atoms. The van der Waals surface area contributed by atoms with E-state index in [-0.39, 0.29) is 24.3 Å². The number of carbonyl (C=O) groups excluding carboxylic acids is 3. The van der Waals surface area contributed by atoms with Crippen molar-refractivity contribution in [3.63, 3.8) is 0 Å². The average molecular weight is 437 g/mol. The molecule has 158 valence electrons. The number of rotatable bonds is 3. The van der Waals surface area contributed by atoms with Crippen molar-refractivity contribution < 1.29 is 14.4 Å². The van der Waals surface area contributed by atoms with Gasteiger partial charge in [0.05, 0.1) is 6.54 Å². The molecule has 2 saturated heterocycles. The quantitative estimate of drug-likeness (QED) is 0.660. The molecular weight excluding hydrogens is 416 g/mol. The Hall–Kier alpha value is -3.32. The maximum atomic E-state index is 13.1. The molecule has 31 heavy (non-hydrogen) atoms. The Morgan fingerprint density at radius 3 is 2.65 bits per heavy atom. The van der Waals surface area contributed by atoms with Gasteiger partial charge in [0.1, 0.15) is 12.1 Å². The van der Waals surface area contributed by atoms with Crippen molar-refractivity contribution in [3.8, 4) is 0 Å². The third-order valence-electron chi connectivity index (χ3n) is 6.06. The Kier molecular flexibility index (Phi) is 4.90. The number of para-hydroxylation sites is 1. The lowest BCUT2D eigenvalue weighted by atomic mass is 9.98. The molecule has 0 unspecified atom stereocenters. The number of H-pyrrole nitrogens is 1. The zero-order chi connectivity index (χ0) is 21.5. The van der Waals surface area contributed by atoms with Crippen molar-refractivity contribution in [2.24, 2.45) is 0 Å². The molecule has 0 bridgehead atoms. The van der Waals surface area contributed by atoms with Gasteiger partial charge >= 0.3 is 0 Å². The first-order valence-electron chi connectivity index (χ1n) is 10.2. The first-order valence-corrected chi connectivity index (χ1v) is 10.6. The summed E-state index contributed by atoms with van der Waals surface area (Å²) in [5.74, 6) is -0.496. The van der Waals surface area contributed by atoms with Gasteiger partial charge in [-0.15, -0.1) is 0 Å². The van der Waals surface area contributed by atoms with Gasteiger partial charge < -0.3 is 20.1 Å². The molecule has 2 aromatic carbocycles. The number of hydrogen-bond acceptors (Lipinski definition) is 3. The van der Waals surface area contributed by atoms with Gasteiger partial charge in [0, 0.05) is 47.2 Å². The number of piperazine rings is 2. The van der Waals surface area contributed by atoms with Crippen LogP contribution in [0.25, 0.3) is 10.9 Å². The Balaban J connectivity index is 1.30. The maximum absolute atomic E-state index is 13.1. The van der Waals surface area contributed by atoms with Gasteiger partial charge in [-0.25, -0.2) is 0 Å². The number of nitrogens with one attached hydrogen (secondary N) is 2. The molecule has 7 nitrogen and oxygen atoms in total. The van der Waals surface area contributed by atoms with Crippen LogP contribution >= 0.6 is 11.6 Å². The lowest BCUT2D eigenvalue weighted by molar-refractivity contribution is -0.152. The fraction of sp³-hybridized carbons (Fsp3) is 0.261. The zero-order valence-electron chi connectivity index (χ0n) is 16.7. The highest BCUT2D eigenvalue weighted by Crippen LogP contribution is 2.23. The van der Waals surface area contributed by atoms with E-state index in [2.05, 4.69) is 10.3 Å². The highest BCUT2D eigenvalue weighted by Gasteiger charge is 2.44. The summed E-state index contributed by atoms with van der Waals surface area (Å²) in [5, 5.41) is 4.48. The molecule has 8 heteroatoms. The summed E-state index contributed by atoms with van der Waals surface area (Å²) in [5.41, 5.74) is 2.50. The zero-order valence-corrected chi connectivity index (χ0v) is 17.4. The predicted octanol–water partition coefficient (Wildman–Crippen LogP) is 2.22. The molecule has 2 fully saturated rings. The number of nitrogens with zero attached hydrogens (tertiary/aromatic N) is 2. The first kappa shape index (κ1) is 19.6. The summed E-state index contributed by atoms with van der Waals surface area (Å²) >= 11 is 5.90. The second kappa shape index (κ2) is 7.74.